The van der Waals surface area contributed by atoms with Crippen LogP contribution < -0.4 is 9.47 Å². The van der Waals surface area contributed by atoms with Crippen molar-refractivity contribution in [2.24, 2.45) is 10.9 Å². The Labute approximate surface area is 242 Å². The van der Waals surface area contributed by atoms with Gasteiger partial charge in [-0.25, -0.2) is 0 Å². The molecule has 0 spiro atoms. The van der Waals surface area contributed by atoms with Gasteiger partial charge in [0.05, 0.1) is 13.7 Å². The van der Waals surface area contributed by atoms with E-state index in [1.807, 2.05) is 85.8 Å². The predicted octanol–water partition coefficient (Wildman–Crippen LogP) is 7.19. The molecule has 1 unspecified atom stereocenters. The van der Waals surface area contributed by atoms with E-state index in [-0.39, 0.29) is 17.7 Å². The van der Waals surface area contributed by atoms with Crippen molar-refractivity contribution < 1.29 is 23.8 Å². The Bertz CT molecular complexity index is 1440. The number of methoxy groups -OCH3 is 1. The molecule has 0 saturated carbocycles. The molecule has 1 aliphatic heterocycles. The first-order valence-electron chi connectivity index (χ1n) is 14.4. The third-order valence-corrected chi connectivity index (χ3v) is 7.96. The van der Waals surface area contributed by atoms with Crippen LogP contribution in [0, 0.1) is 5.92 Å². The van der Waals surface area contributed by atoms with Gasteiger partial charge in [-0.1, -0.05) is 74.0 Å². The molecule has 0 aromatic heterocycles. The second-order valence-corrected chi connectivity index (χ2v) is 10.7. The molecule has 3 aromatic carbocycles. The van der Waals surface area contributed by atoms with E-state index >= 15 is 0 Å². The number of unbranched alkanes of at least 4 members (excludes halogenated alkanes) is 1. The van der Waals surface area contributed by atoms with E-state index in [0.29, 0.717) is 43.1 Å². The van der Waals surface area contributed by atoms with Crippen molar-refractivity contribution in [3.05, 3.63) is 107 Å². The molecule has 5 rings (SSSR count). The third-order valence-electron chi connectivity index (χ3n) is 7.96. The van der Waals surface area contributed by atoms with Gasteiger partial charge in [0.1, 0.15) is 24.0 Å². The topological polar surface area (TPSA) is 74.2 Å². The average Bonchev–Trinajstić information content (AvgIpc) is 3.00. The smallest absolute Gasteiger partial charge is 0.315 e. The van der Waals surface area contributed by atoms with E-state index in [1.165, 1.54) is 0 Å². The van der Waals surface area contributed by atoms with E-state index in [4.69, 9.17) is 19.2 Å². The zero-order chi connectivity index (χ0) is 28.8. The maximum absolute atomic E-state index is 14.0. The molecule has 0 fully saturated rings. The summed E-state index contributed by atoms with van der Waals surface area (Å²) < 4.78 is 17.4. The fourth-order valence-corrected chi connectivity index (χ4v) is 5.82. The van der Waals surface area contributed by atoms with Crippen molar-refractivity contribution in [2.45, 2.75) is 58.0 Å². The molecule has 0 saturated heterocycles. The van der Waals surface area contributed by atoms with Gasteiger partial charge in [-0.15, -0.1) is 0 Å². The van der Waals surface area contributed by atoms with E-state index in [1.54, 1.807) is 7.11 Å². The zero-order valence-corrected chi connectivity index (χ0v) is 24.0. The van der Waals surface area contributed by atoms with Gasteiger partial charge in [0.25, 0.3) is 0 Å². The molecule has 2 aliphatic rings. The Balaban J connectivity index is 1.53. The van der Waals surface area contributed by atoms with Crippen LogP contribution in [0.3, 0.4) is 0 Å². The number of allylic oxidation sites excluding steroid dienone is 2. The number of esters is 1. The number of nitrogens with zero attached hydrogens (tertiary/aromatic N) is 1. The van der Waals surface area contributed by atoms with E-state index in [0.717, 1.165) is 41.0 Å². The second-order valence-electron chi connectivity index (χ2n) is 10.7. The summed E-state index contributed by atoms with van der Waals surface area (Å²) in [7, 11) is 1.64. The zero-order valence-electron chi connectivity index (χ0n) is 24.0. The average molecular weight is 552 g/mol. The summed E-state index contributed by atoms with van der Waals surface area (Å²) >= 11 is 0. The molecule has 3 aromatic rings. The maximum atomic E-state index is 14.0. The van der Waals surface area contributed by atoms with Crippen molar-refractivity contribution in [1.82, 2.24) is 0 Å². The lowest BCUT2D eigenvalue weighted by atomic mass is 9.69. The first kappa shape index (κ1) is 28.3. The Hall–Kier alpha value is -4.19. The third kappa shape index (κ3) is 6.27. The fourth-order valence-electron chi connectivity index (χ4n) is 5.82. The quantitative estimate of drug-likeness (QED) is 0.197. The lowest BCUT2D eigenvalue weighted by Crippen LogP contribution is -2.38. The summed E-state index contributed by atoms with van der Waals surface area (Å²) in [6, 6.07) is 25.5. The van der Waals surface area contributed by atoms with Crippen molar-refractivity contribution in [3.8, 4) is 11.5 Å². The largest absolute Gasteiger partial charge is 0.497 e. The Kier molecular flexibility index (Phi) is 8.98. The van der Waals surface area contributed by atoms with Crippen molar-refractivity contribution in [2.75, 3.05) is 13.7 Å². The molecule has 6 nitrogen and oxygen atoms in total. The van der Waals surface area contributed by atoms with Crippen LogP contribution in [0.5, 0.6) is 11.5 Å². The maximum Gasteiger partial charge on any atom is 0.315 e. The number of ether oxygens (including phenoxy) is 3. The Morgan fingerprint density at radius 2 is 1.68 bits per heavy atom. The highest BCUT2D eigenvalue weighted by atomic mass is 16.5. The lowest BCUT2D eigenvalue weighted by Gasteiger charge is -2.37. The number of hydrogen-bond acceptors (Lipinski definition) is 6. The lowest BCUT2D eigenvalue weighted by molar-refractivity contribution is -0.146. The number of aliphatic imine (C=N–C) groups is 1. The van der Waals surface area contributed by atoms with Gasteiger partial charge in [-0.2, -0.15) is 0 Å². The number of carbonyl (C=O) groups excluding carboxylic acids is 2. The van der Waals surface area contributed by atoms with Gasteiger partial charge >= 0.3 is 5.97 Å². The van der Waals surface area contributed by atoms with Crippen LogP contribution in [0.1, 0.15) is 68.1 Å². The Morgan fingerprint density at radius 1 is 0.951 bits per heavy atom. The highest BCUT2D eigenvalue weighted by Gasteiger charge is 2.45. The number of ketones is 1. The summed E-state index contributed by atoms with van der Waals surface area (Å²) in [6.07, 6.45) is 2.67. The van der Waals surface area contributed by atoms with Crippen LogP contribution in [0.4, 0.5) is 0 Å². The van der Waals surface area contributed by atoms with Gasteiger partial charge in [-0.05, 0) is 55.0 Å². The summed E-state index contributed by atoms with van der Waals surface area (Å²) in [5, 5.41) is 0. The molecule has 0 N–H and O–H groups in total. The first-order valence-corrected chi connectivity index (χ1v) is 14.4. The van der Waals surface area contributed by atoms with Crippen molar-refractivity contribution >= 4 is 17.5 Å². The van der Waals surface area contributed by atoms with E-state index < -0.39 is 11.8 Å². The number of carbonyl (C=O) groups is 2. The molecule has 1 heterocycles. The Morgan fingerprint density at radius 3 is 2.41 bits per heavy atom. The highest BCUT2D eigenvalue weighted by molar-refractivity contribution is 6.09. The van der Waals surface area contributed by atoms with Crippen LogP contribution >= 0.6 is 0 Å². The summed E-state index contributed by atoms with van der Waals surface area (Å²) in [4.78, 5) is 32.5. The minimum absolute atomic E-state index is 0.00184. The van der Waals surface area contributed by atoms with Gasteiger partial charge in [0, 0.05) is 34.9 Å². The predicted molar refractivity (Wildman–Crippen MR) is 159 cm³/mol. The second kappa shape index (κ2) is 13.0. The van der Waals surface area contributed by atoms with Crippen LogP contribution in [-0.4, -0.2) is 31.2 Å². The fraction of sp³-hybridized carbons (Fsp3) is 0.343. The minimum Gasteiger partial charge on any atom is -0.497 e. The van der Waals surface area contributed by atoms with Crippen molar-refractivity contribution in [1.29, 1.82) is 0 Å². The number of Topliss-reactive ketones (excluding diaryl/α,β-unsaturated/α-hetero) is 1. The normalized spacial score (nSPS) is 20.2. The van der Waals surface area contributed by atoms with E-state index in [2.05, 4.69) is 6.92 Å². The molecule has 6 heteroatoms. The summed E-state index contributed by atoms with van der Waals surface area (Å²) in [6.45, 7) is 4.65. The highest BCUT2D eigenvalue weighted by Crippen LogP contribution is 2.48. The number of benzene rings is 3. The van der Waals surface area contributed by atoms with Gasteiger partial charge in [0.2, 0.25) is 0 Å². The minimum atomic E-state index is -0.700. The van der Waals surface area contributed by atoms with Gasteiger partial charge in [0.15, 0.2) is 5.78 Å². The van der Waals surface area contributed by atoms with Crippen LogP contribution in [0.15, 0.2) is 95.1 Å². The summed E-state index contributed by atoms with van der Waals surface area (Å²) in [5.74, 6) is -0.140. The van der Waals surface area contributed by atoms with Crippen LogP contribution in [0.2, 0.25) is 0 Å². The molecule has 0 radical (unpaired) electrons. The molecule has 212 valence electrons. The van der Waals surface area contributed by atoms with Gasteiger partial charge in [-0.3, -0.25) is 14.6 Å². The van der Waals surface area contributed by atoms with Crippen LogP contribution in [-0.2, 0) is 20.9 Å². The molecular formula is C35H37NO5. The molecule has 0 amide bonds. The number of rotatable bonds is 10. The SMILES string of the molecule is CCCCOC(=O)C1C(C)=NC2=C(C(=O)C[C@H](c3ccc(OC)cc3)C2)[C@@H]1c1ccccc1OCc1ccccc1. The first-order chi connectivity index (χ1) is 20.0. The molecular weight excluding hydrogens is 514 g/mol. The van der Waals surface area contributed by atoms with Gasteiger partial charge < -0.3 is 14.2 Å². The van der Waals surface area contributed by atoms with E-state index in [9.17, 15) is 9.59 Å². The summed E-state index contributed by atoms with van der Waals surface area (Å²) in [5.41, 5.74) is 4.93. The standard InChI is InChI=1S/C35H37NO5/c1-4-5-19-40-35(38)32-23(2)36-29-20-26(25-15-17-27(39-3)18-16-25)21-30(37)34(29)33(32)28-13-9-10-14-31(28)41-22-24-11-7-6-8-12-24/h6-18,26,32-33H,4-5,19-22H2,1-3H3/t26-,32?,33-/m1/s1. The van der Waals surface area contributed by atoms with Crippen molar-refractivity contribution in [3.63, 3.8) is 0 Å². The molecule has 0 bridgehead atoms. The molecule has 41 heavy (non-hydrogen) atoms. The monoisotopic (exact) mass is 551 g/mol. The molecule has 3 atom stereocenters. The number of hydrogen-bond donors (Lipinski definition) is 0. The molecule has 1 aliphatic carbocycles. The van der Waals surface area contributed by atoms with Crippen LogP contribution in [0.25, 0.3) is 0 Å². The number of para-hydroxylation sites is 1.